The van der Waals surface area contributed by atoms with E-state index < -0.39 is 28.5 Å². The number of amides is 1. The molecule has 0 bridgehead atoms. The van der Waals surface area contributed by atoms with Crippen LogP contribution in [0.2, 0.25) is 5.02 Å². The largest absolute Gasteiger partial charge is 0.495 e. The van der Waals surface area contributed by atoms with Crippen LogP contribution in [0.4, 0.5) is 11.4 Å². The molecule has 1 N–H and O–H groups in total. The SMILES string of the molecule is COc1ccccc1N(C)S(=O)(=O)c1ccc(Cl)c(C(=O)OCC(=O)Nc2ccc(C)cc2C)c1. The zero-order valence-corrected chi connectivity index (χ0v) is 21.2. The van der Waals surface area contributed by atoms with Crippen LogP contribution in [0.25, 0.3) is 0 Å². The average Bonchev–Trinajstić information content (AvgIpc) is 2.83. The van der Waals surface area contributed by atoms with Crippen molar-refractivity contribution in [2.75, 3.05) is 30.4 Å². The van der Waals surface area contributed by atoms with Crippen LogP contribution in [0.15, 0.2) is 65.6 Å². The van der Waals surface area contributed by atoms with Gasteiger partial charge in [-0.1, -0.05) is 41.4 Å². The van der Waals surface area contributed by atoms with Gasteiger partial charge in [0.1, 0.15) is 5.75 Å². The number of anilines is 2. The Hall–Kier alpha value is -3.56. The van der Waals surface area contributed by atoms with Gasteiger partial charge in [0.05, 0.1) is 28.3 Å². The number of sulfonamides is 1. The molecule has 0 unspecified atom stereocenters. The van der Waals surface area contributed by atoms with Crippen molar-refractivity contribution in [3.63, 3.8) is 0 Å². The Balaban J connectivity index is 1.77. The Morgan fingerprint density at radius 3 is 2.43 bits per heavy atom. The Morgan fingerprint density at radius 2 is 1.74 bits per heavy atom. The van der Waals surface area contributed by atoms with Gasteiger partial charge in [-0.15, -0.1) is 0 Å². The highest BCUT2D eigenvalue weighted by Gasteiger charge is 2.26. The lowest BCUT2D eigenvalue weighted by Gasteiger charge is -2.22. The number of benzene rings is 3. The molecule has 184 valence electrons. The fourth-order valence-electron chi connectivity index (χ4n) is 3.35. The molecule has 0 heterocycles. The van der Waals surface area contributed by atoms with E-state index in [-0.39, 0.29) is 15.5 Å². The number of para-hydroxylation sites is 2. The van der Waals surface area contributed by atoms with E-state index in [4.69, 9.17) is 21.1 Å². The topological polar surface area (TPSA) is 102 Å². The summed E-state index contributed by atoms with van der Waals surface area (Å²) in [5, 5.41) is 2.66. The molecule has 3 rings (SSSR count). The quantitative estimate of drug-likeness (QED) is 0.439. The second kappa shape index (κ2) is 10.8. The molecule has 0 saturated carbocycles. The number of halogens is 1. The Morgan fingerprint density at radius 1 is 1.03 bits per heavy atom. The van der Waals surface area contributed by atoms with Gasteiger partial charge in [0.15, 0.2) is 6.61 Å². The summed E-state index contributed by atoms with van der Waals surface area (Å²) in [7, 11) is -1.26. The van der Waals surface area contributed by atoms with Gasteiger partial charge in [-0.25, -0.2) is 13.2 Å². The van der Waals surface area contributed by atoms with Crippen LogP contribution in [-0.4, -0.2) is 41.1 Å². The van der Waals surface area contributed by atoms with E-state index in [9.17, 15) is 18.0 Å². The van der Waals surface area contributed by atoms with E-state index in [0.717, 1.165) is 21.5 Å². The number of carbonyl (C=O) groups is 2. The average molecular weight is 517 g/mol. The van der Waals surface area contributed by atoms with Crippen molar-refractivity contribution in [3.8, 4) is 5.75 Å². The molecule has 0 spiro atoms. The second-order valence-corrected chi connectivity index (χ2v) is 10.1. The summed E-state index contributed by atoms with van der Waals surface area (Å²) in [6, 6.07) is 15.8. The molecule has 10 heteroatoms. The maximum Gasteiger partial charge on any atom is 0.340 e. The van der Waals surface area contributed by atoms with Gasteiger partial charge in [0.25, 0.3) is 15.9 Å². The Bertz CT molecular complexity index is 1370. The summed E-state index contributed by atoms with van der Waals surface area (Å²) in [6.45, 7) is 3.22. The molecule has 0 aliphatic heterocycles. The second-order valence-electron chi connectivity index (χ2n) is 7.73. The third kappa shape index (κ3) is 5.93. The predicted molar refractivity (Wildman–Crippen MR) is 135 cm³/mol. The zero-order chi connectivity index (χ0) is 25.8. The molecular weight excluding hydrogens is 492 g/mol. The van der Waals surface area contributed by atoms with Gasteiger partial charge < -0.3 is 14.8 Å². The van der Waals surface area contributed by atoms with E-state index in [1.807, 2.05) is 26.0 Å². The van der Waals surface area contributed by atoms with Gasteiger partial charge in [-0.3, -0.25) is 9.10 Å². The van der Waals surface area contributed by atoms with E-state index >= 15 is 0 Å². The fourth-order valence-corrected chi connectivity index (χ4v) is 4.78. The van der Waals surface area contributed by atoms with E-state index in [1.54, 1.807) is 30.3 Å². The lowest BCUT2D eigenvalue weighted by atomic mass is 10.1. The number of ether oxygens (including phenoxy) is 2. The zero-order valence-electron chi connectivity index (χ0n) is 19.7. The molecule has 1 amide bonds. The molecule has 0 aliphatic carbocycles. The third-order valence-corrected chi connectivity index (χ3v) is 7.33. The minimum absolute atomic E-state index is 0.0105. The summed E-state index contributed by atoms with van der Waals surface area (Å²) in [5.41, 5.74) is 2.65. The van der Waals surface area contributed by atoms with Crippen LogP contribution in [0.5, 0.6) is 5.75 Å². The highest BCUT2D eigenvalue weighted by atomic mass is 35.5. The molecule has 3 aromatic rings. The van der Waals surface area contributed by atoms with E-state index in [2.05, 4.69) is 5.32 Å². The fraction of sp³-hybridized carbons (Fsp3) is 0.200. The Labute approximate surface area is 209 Å². The minimum atomic E-state index is -4.07. The van der Waals surface area contributed by atoms with Crippen molar-refractivity contribution in [1.29, 1.82) is 0 Å². The number of hydrogen-bond donors (Lipinski definition) is 1. The van der Waals surface area contributed by atoms with E-state index in [1.165, 1.54) is 26.3 Å². The molecule has 35 heavy (non-hydrogen) atoms. The van der Waals surface area contributed by atoms with Crippen LogP contribution >= 0.6 is 11.6 Å². The van der Waals surface area contributed by atoms with Crippen LogP contribution in [0.1, 0.15) is 21.5 Å². The highest BCUT2D eigenvalue weighted by molar-refractivity contribution is 7.92. The van der Waals surface area contributed by atoms with Crippen LogP contribution in [0, 0.1) is 13.8 Å². The van der Waals surface area contributed by atoms with Crippen molar-refractivity contribution < 1.29 is 27.5 Å². The molecule has 3 aromatic carbocycles. The third-order valence-electron chi connectivity index (χ3n) is 5.23. The number of rotatable bonds is 8. The standard InChI is InChI=1S/C25H25ClN2O6S/c1-16-9-12-21(17(2)13-16)27-24(29)15-34-25(30)19-14-18(10-11-20(19)26)35(31,32)28(3)22-7-5-6-8-23(22)33-4/h5-14H,15H2,1-4H3,(H,27,29). The molecule has 0 atom stereocenters. The molecule has 0 saturated heterocycles. The van der Waals surface area contributed by atoms with E-state index in [0.29, 0.717) is 17.1 Å². The van der Waals surface area contributed by atoms with Gasteiger partial charge in [-0.2, -0.15) is 0 Å². The first-order chi connectivity index (χ1) is 16.5. The first kappa shape index (κ1) is 26.1. The Kier molecular flexibility index (Phi) is 8.03. The molecule has 0 radical (unpaired) electrons. The van der Waals surface area contributed by atoms with Crippen molar-refractivity contribution in [2.45, 2.75) is 18.7 Å². The highest BCUT2D eigenvalue weighted by Crippen LogP contribution is 2.32. The summed E-state index contributed by atoms with van der Waals surface area (Å²) in [6.07, 6.45) is 0. The number of nitrogens with zero attached hydrogens (tertiary/aromatic N) is 1. The number of aryl methyl sites for hydroxylation is 2. The molecule has 0 aliphatic rings. The monoisotopic (exact) mass is 516 g/mol. The van der Waals surface area contributed by atoms with Crippen LogP contribution in [0.3, 0.4) is 0 Å². The van der Waals surface area contributed by atoms with Crippen molar-refractivity contribution >= 4 is 44.9 Å². The lowest BCUT2D eigenvalue weighted by Crippen LogP contribution is -2.27. The smallest absolute Gasteiger partial charge is 0.340 e. The number of methoxy groups -OCH3 is 1. The van der Waals surface area contributed by atoms with Crippen LogP contribution < -0.4 is 14.4 Å². The molecule has 8 nitrogen and oxygen atoms in total. The maximum absolute atomic E-state index is 13.2. The van der Waals surface area contributed by atoms with Gasteiger partial charge in [0, 0.05) is 12.7 Å². The van der Waals surface area contributed by atoms with Gasteiger partial charge in [-0.05, 0) is 55.8 Å². The van der Waals surface area contributed by atoms with Crippen molar-refractivity contribution in [1.82, 2.24) is 0 Å². The van der Waals surface area contributed by atoms with Crippen molar-refractivity contribution in [3.05, 3.63) is 82.4 Å². The molecular formula is C25H25ClN2O6S. The summed E-state index contributed by atoms with van der Waals surface area (Å²) in [4.78, 5) is 24.7. The summed E-state index contributed by atoms with van der Waals surface area (Å²) >= 11 is 6.14. The van der Waals surface area contributed by atoms with Gasteiger partial charge in [0.2, 0.25) is 0 Å². The lowest BCUT2D eigenvalue weighted by molar-refractivity contribution is -0.119. The normalized spacial score (nSPS) is 11.0. The summed E-state index contributed by atoms with van der Waals surface area (Å²) in [5.74, 6) is -1.11. The van der Waals surface area contributed by atoms with Crippen LogP contribution in [-0.2, 0) is 19.6 Å². The minimum Gasteiger partial charge on any atom is -0.495 e. The van der Waals surface area contributed by atoms with Gasteiger partial charge >= 0.3 is 5.97 Å². The first-order valence-corrected chi connectivity index (χ1v) is 12.3. The number of carbonyl (C=O) groups excluding carboxylic acids is 2. The molecule has 0 aromatic heterocycles. The number of nitrogens with one attached hydrogen (secondary N) is 1. The number of hydrogen-bond acceptors (Lipinski definition) is 6. The predicted octanol–water partition coefficient (Wildman–Crippen LogP) is 4.59. The first-order valence-electron chi connectivity index (χ1n) is 10.5. The number of esters is 1. The summed E-state index contributed by atoms with van der Waals surface area (Å²) < 4.78 is 37.8. The van der Waals surface area contributed by atoms with Crippen molar-refractivity contribution in [2.24, 2.45) is 0 Å². The maximum atomic E-state index is 13.2. The molecule has 0 fully saturated rings.